The van der Waals surface area contributed by atoms with Gasteiger partial charge in [-0.1, -0.05) is 24.3 Å². The third-order valence-corrected chi connectivity index (χ3v) is 2.64. The number of aryl methyl sites for hydroxylation is 1. The lowest BCUT2D eigenvalue weighted by atomic mass is 9.80. The summed E-state index contributed by atoms with van der Waals surface area (Å²) < 4.78 is 10.7. The zero-order valence-corrected chi connectivity index (χ0v) is 9.00. The average Bonchev–Trinajstić information content (AvgIpc) is 2.80. The summed E-state index contributed by atoms with van der Waals surface area (Å²) in [6.45, 7) is 1.36. The van der Waals surface area contributed by atoms with Crippen molar-refractivity contribution in [3.05, 3.63) is 29.8 Å². The fourth-order valence-corrected chi connectivity index (χ4v) is 1.71. The number of benzene rings is 1. The van der Waals surface area contributed by atoms with E-state index in [0.29, 0.717) is 18.7 Å². The Hall–Kier alpha value is -0.875. The van der Waals surface area contributed by atoms with Crippen LogP contribution in [0.2, 0.25) is 0 Å². The van der Waals surface area contributed by atoms with Gasteiger partial charge in [0.2, 0.25) is 0 Å². The molecule has 1 aromatic rings. The minimum Gasteiger partial charge on any atom is -0.423 e. The highest BCUT2D eigenvalue weighted by Gasteiger charge is 2.15. The maximum absolute atomic E-state index is 8.93. The largest absolute Gasteiger partial charge is 0.488 e. The van der Waals surface area contributed by atoms with Crippen molar-refractivity contribution < 1.29 is 19.5 Å². The Labute approximate surface area is 95.0 Å². The molecule has 0 aromatic heterocycles. The summed E-state index contributed by atoms with van der Waals surface area (Å²) in [7, 11) is -1.39. The lowest BCUT2D eigenvalue weighted by molar-refractivity contribution is -0.0461. The third-order valence-electron chi connectivity index (χ3n) is 2.64. The van der Waals surface area contributed by atoms with E-state index in [4.69, 9.17) is 19.5 Å². The molecule has 0 radical (unpaired) electrons. The normalized spacial score (nSPS) is 16.6. The first-order valence-electron chi connectivity index (χ1n) is 5.44. The van der Waals surface area contributed by atoms with Crippen molar-refractivity contribution in [2.45, 2.75) is 19.1 Å². The van der Waals surface area contributed by atoms with Crippen molar-refractivity contribution in [1.82, 2.24) is 0 Å². The van der Waals surface area contributed by atoms with Crippen molar-refractivity contribution in [2.75, 3.05) is 13.2 Å². The van der Waals surface area contributed by atoms with Crippen LogP contribution in [0.5, 0.6) is 0 Å². The minimum absolute atomic E-state index is 0.0805. The van der Waals surface area contributed by atoms with Gasteiger partial charge in [-0.25, -0.2) is 0 Å². The Morgan fingerprint density at radius 1 is 1.12 bits per heavy atom. The van der Waals surface area contributed by atoms with E-state index in [1.54, 1.807) is 12.1 Å². The van der Waals surface area contributed by atoms with E-state index in [1.165, 1.54) is 0 Å². The van der Waals surface area contributed by atoms with Gasteiger partial charge in [0.25, 0.3) is 0 Å². The highest BCUT2D eigenvalue weighted by molar-refractivity contribution is 6.58. The van der Waals surface area contributed by atoms with Gasteiger partial charge in [0.1, 0.15) is 0 Å². The Morgan fingerprint density at radius 2 is 1.75 bits per heavy atom. The van der Waals surface area contributed by atoms with Crippen LogP contribution < -0.4 is 5.46 Å². The summed E-state index contributed by atoms with van der Waals surface area (Å²) in [6.07, 6.45) is 1.62. The molecule has 1 aliphatic rings. The van der Waals surface area contributed by atoms with E-state index < -0.39 is 7.12 Å². The van der Waals surface area contributed by atoms with Gasteiger partial charge in [-0.2, -0.15) is 0 Å². The molecule has 1 fully saturated rings. The van der Waals surface area contributed by atoms with Gasteiger partial charge in [0.15, 0.2) is 6.29 Å². The van der Waals surface area contributed by atoms with E-state index in [9.17, 15) is 0 Å². The first kappa shape index (κ1) is 11.6. The summed E-state index contributed by atoms with van der Waals surface area (Å²) in [4.78, 5) is 0. The van der Waals surface area contributed by atoms with Crippen molar-refractivity contribution in [2.24, 2.45) is 0 Å². The van der Waals surface area contributed by atoms with Crippen LogP contribution in [0, 0.1) is 0 Å². The van der Waals surface area contributed by atoms with Crippen LogP contribution in [0.3, 0.4) is 0 Å². The highest BCUT2D eigenvalue weighted by atomic mass is 16.7. The van der Waals surface area contributed by atoms with Crippen LogP contribution in [0.15, 0.2) is 24.3 Å². The van der Waals surface area contributed by atoms with Crippen LogP contribution in [0.4, 0.5) is 0 Å². The Morgan fingerprint density at radius 3 is 2.31 bits per heavy atom. The zero-order chi connectivity index (χ0) is 11.4. The summed E-state index contributed by atoms with van der Waals surface area (Å²) in [6, 6.07) is 7.22. The minimum atomic E-state index is -1.39. The monoisotopic (exact) mass is 222 g/mol. The average molecular weight is 222 g/mol. The maximum Gasteiger partial charge on any atom is 0.488 e. The lowest BCUT2D eigenvalue weighted by Crippen LogP contribution is -2.29. The van der Waals surface area contributed by atoms with Gasteiger partial charge in [-0.05, 0) is 17.4 Å². The van der Waals surface area contributed by atoms with Gasteiger partial charge in [0, 0.05) is 6.42 Å². The number of hydrogen-bond acceptors (Lipinski definition) is 4. The molecule has 1 heterocycles. The summed E-state index contributed by atoms with van der Waals surface area (Å²) >= 11 is 0. The molecular weight excluding hydrogens is 207 g/mol. The van der Waals surface area contributed by atoms with Gasteiger partial charge < -0.3 is 19.5 Å². The lowest BCUT2D eigenvalue weighted by Gasteiger charge is -2.08. The molecule has 0 unspecified atom stereocenters. The number of rotatable bonds is 4. The molecule has 5 heteroatoms. The first-order valence-corrected chi connectivity index (χ1v) is 5.44. The van der Waals surface area contributed by atoms with Crippen LogP contribution in [-0.4, -0.2) is 36.7 Å². The molecule has 0 amide bonds. The van der Waals surface area contributed by atoms with Crippen LogP contribution >= 0.6 is 0 Å². The van der Waals surface area contributed by atoms with E-state index >= 15 is 0 Å². The predicted molar refractivity (Wildman–Crippen MR) is 60.3 cm³/mol. The number of ether oxygens (including phenoxy) is 2. The summed E-state index contributed by atoms with van der Waals surface area (Å²) in [5.41, 5.74) is 1.65. The van der Waals surface area contributed by atoms with E-state index in [0.717, 1.165) is 18.4 Å². The van der Waals surface area contributed by atoms with Gasteiger partial charge in [-0.3, -0.25) is 0 Å². The molecule has 2 rings (SSSR count). The van der Waals surface area contributed by atoms with Gasteiger partial charge in [-0.15, -0.1) is 0 Å². The van der Waals surface area contributed by atoms with Crippen LogP contribution in [0.25, 0.3) is 0 Å². The summed E-state index contributed by atoms with van der Waals surface area (Å²) in [5.74, 6) is 0. The SMILES string of the molecule is OB(O)c1ccc(CCC2OCCO2)cc1. The Bertz CT molecular complexity index is 319. The predicted octanol–water partition coefficient (Wildman–Crippen LogP) is -0.328. The molecule has 1 aromatic carbocycles. The molecule has 0 saturated carbocycles. The van der Waals surface area contributed by atoms with Crippen LogP contribution in [-0.2, 0) is 15.9 Å². The molecule has 86 valence electrons. The highest BCUT2D eigenvalue weighted by Crippen LogP contribution is 2.11. The molecule has 16 heavy (non-hydrogen) atoms. The van der Waals surface area contributed by atoms with Crippen molar-refractivity contribution in [3.63, 3.8) is 0 Å². The molecule has 1 aliphatic heterocycles. The van der Waals surface area contributed by atoms with Crippen LogP contribution in [0.1, 0.15) is 12.0 Å². The Balaban J connectivity index is 1.84. The van der Waals surface area contributed by atoms with Crippen molar-refractivity contribution in [1.29, 1.82) is 0 Å². The van der Waals surface area contributed by atoms with E-state index in [-0.39, 0.29) is 6.29 Å². The molecule has 0 spiro atoms. The molecule has 4 nitrogen and oxygen atoms in total. The topological polar surface area (TPSA) is 58.9 Å². The van der Waals surface area contributed by atoms with Gasteiger partial charge >= 0.3 is 7.12 Å². The zero-order valence-electron chi connectivity index (χ0n) is 9.00. The van der Waals surface area contributed by atoms with Gasteiger partial charge in [0.05, 0.1) is 13.2 Å². The second kappa shape index (κ2) is 5.45. The fraction of sp³-hybridized carbons (Fsp3) is 0.455. The molecular formula is C11H15BO4. The second-order valence-electron chi connectivity index (χ2n) is 3.83. The standard InChI is InChI=1S/C11H15BO4/c13-12(14)10-4-1-9(2-5-10)3-6-11-15-7-8-16-11/h1-2,4-5,11,13-14H,3,6-8H2. The summed E-state index contributed by atoms with van der Waals surface area (Å²) in [5, 5.41) is 17.9. The molecule has 0 atom stereocenters. The molecule has 1 saturated heterocycles. The first-order chi connectivity index (χ1) is 7.75. The van der Waals surface area contributed by atoms with E-state index in [1.807, 2.05) is 12.1 Å². The second-order valence-corrected chi connectivity index (χ2v) is 3.83. The molecule has 2 N–H and O–H groups in total. The smallest absolute Gasteiger partial charge is 0.423 e. The third kappa shape index (κ3) is 3.06. The van der Waals surface area contributed by atoms with Crippen molar-refractivity contribution >= 4 is 12.6 Å². The fourth-order valence-electron chi connectivity index (χ4n) is 1.71. The quantitative estimate of drug-likeness (QED) is 0.685. The number of hydrogen-bond donors (Lipinski definition) is 2. The Kier molecular flexibility index (Phi) is 3.95. The maximum atomic E-state index is 8.93. The molecule has 0 aliphatic carbocycles. The van der Waals surface area contributed by atoms with Crippen molar-refractivity contribution in [3.8, 4) is 0 Å². The molecule has 0 bridgehead atoms. The van der Waals surface area contributed by atoms with E-state index in [2.05, 4.69) is 0 Å².